The van der Waals surface area contributed by atoms with Gasteiger partial charge in [0.05, 0.1) is 11.4 Å². The maximum absolute atomic E-state index is 4.43. The molecule has 0 saturated carbocycles. The monoisotopic (exact) mass is 276 g/mol. The van der Waals surface area contributed by atoms with E-state index in [1.807, 2.05) is 18.7 Å². The number of aromatic nitrogens is 4. The first kappa shape index (κ1) is 16.5. The number of hydrogen-bond donors (Lipinski definition) is 1. The van der Waals surface area contributed by atoms with Crippen molar-refractivity contribution in [1.82, 2.24) is 20.0 Å². The SMILES string of the molecule is CCc1n[nH]c(C)c1C.Cc1c(C(C)C)nn(C)c1C. The third-order valence-electron chi connectivity index (χ3n) is 3.91. The lowest BCUT2D eigenvalue weighted by atomic mass is 10.1. The molecule has 4 heteroatoms. The van der Waals surface area contributed by atoms with Crippen LogP contribution in [-0.4, -0.2) is 20.0 Å². The van der Waals surface area contributed by atoms with Gasteiger partial charge in [0.2, 0.25) is 0 Å². The number of aromatic amines is 1. The van der Waals surface area contributed by atoms with Gasteiger partial charge in [-0.05, 0) is 51.2 Å². The van der Waals surface area contributed by atoms with Gasteiger partial charge in [0.25, 0.3) is 0 Å². The van der Waals surface area contributed by atoms with Crippen LogP contribution >= 0.6 is 0 Å². The Hall–Kier alpha value is -1.58. The molecule has 2 heterocycles. The average molecular weight is 276 g/mol. The van der Waals surface area contributed by atoms with Crippen molar-refractivity contribution < 1.29 is 0 Å². The van der Waals surface area contributed by atoms with Crippen molar-refractivity contribution in [2.45, 2.75) is 60.8 Å². The highest BCUT2D eigenvalue weighted by Crippen LogP contribution is 2.19. The molecule has 112 valence electrons. The Morgan fingerprint density at radius 2 is 1.70 bits per heavy atom. The summed E-state index contributed by atoms with van der Waals surface area (Å²) in [4.78, 5) is 0. The van der Waals surface area contributed by atoms with Crippen molar-refractivity contribution in [3.8, 4) is 0 Å². The van der Waals surface area contributed by atoms with E-state index < -0.39 is 0 Å². The van der Waals surface area contributed by atoms with Gasteiger partial charge in [0, 0.05) is 18.4 Å². The Bertz CT molecular complexity index is 561. The number of aryl methyl sites for hydroxylation is 3. The molecule has 20 heavy (non-hydrogen) atoms. The number of H-pyrrole nitrogens is 1. The molecule has 0 spiro atoms. The van der Waals surface area contributed by atoms with Gasteiger partial charge in [-0.15, -0.1) is 0 Å². The summed E-state index contributed by atoms with van der Waals surface area (Å²) >= 11 is 0. The Kier molecular flexibility index (Phi) is 5.54. The predicted molar refractivity (Wildman–Crippen MR) is 84.2 cm³/mol. The Morgan fingerprint density at radius 1 is 1.10 bits per heavy atom. The molecule has 0 radical (unpaired) electrons. The van der Waals surface area contributed by atoms with E-state index in [0.717, 1.165) is 6.42 Å². The van der Waals surface area contributed by atoms with Crippen LogP contribution in [0.4, 0.5) is 0 Å². The minimum absolute atomic E-state index is 0.537. The van der Waals surface area contributed by atoms with Crippen molar-refractivity contribution in [3.05, 3.63) is 33.9 Å². The lowest BCUT2D eigenvalue weighted by molar-refractivity contribution is 0.698. The van der Waals surface area contributed by atoms with Crippen molar-refractivity contribution in [3.63, 3.8) is 0 Å². The second kappa shape index (κ2) is 6.73. The zero-order valence-electron chi connectivity index (χ0n) is 14.1. The maximum atomic E-state index is 4.43. The molecule has 0 unspecified atom stereocenters. The van der Waals surface area contributed by atoms with Gasteiger partial charge in [0.1, 0.15) is 0 Å². The third kappa shape index (κ3) is 3.50. The summed E-state index contributed by atoms with van der Waals surface area (Å²) in [6, 6.07) is 0. The van der Waals surface area contributed by atoms with E-state index in [2.05, 4.69) is 56.8 Å². The Morgan fingerprint density at radius 3 is 1.90 bits per heavy atom. The molecule has 1 N–H and O–H groups in total. The molecule has 0 aliphatic rings. The molecule has 0 amide bonds. The molecular weight excluding hydrogens is 248 g/mol. The highest BCUT2D eigenvalue weighted by molar-refractivity contribution is 5.25. The first-order chi connectivity index (χ1) is 9.29. The number of rotatable bonds is 2. The van der Waals surface area contributed by atoms with E-state index in [0.29, 0.717) is 5.92 Å². The van der Waals surface area contributed by atoms with Crippen molar-refractivity contribution in [1.29, 1.82) is 0 Å². The van der Waals surface area contributed by atoms with E-state index in [-0.39, 0.29) is 0 Å². The Balaban J connectivity index is 0.000000204. The van der Waals surface area contributed by atoms with Crippen LogP contribution < -0.4 is 0 Å². The van der Waals surface area contributed by atoms with Gasteiger partial charge in [-0.2, -0.15) is 10.2 Å². The van der Waals surface area contributed by atoms with Gasteiger partial charge in [-0.1, -0.05) is 20.8 Å². The van der Waals surface area contributed by atoms with E-state index in [4.69, 9.17) is 0 Å². The molecule has 0 saturated heterocycles. The maximum Gasteiger partial charge on any atom is 0.0681 e. The summed E-state index contributed by atoms with van der Waals surface area (Å²) in [6.07, 6.45) is 1.02. The molecule has 2 aromatic rings. The zero-order valence-corrected chi connectivity index (χ0v) is 14.1. The van der Waals surface area contributed by atoms with Crippen LogP contribution in [0.1, 0.15) is 60.6 Å². The first-order valence-corrected chi connectivity index (χ1v) is 7.30. The quantitative estimate of drug-likeness (QED) is 0.908. The summed E-state index contributed by atoms with van der Waals surface area (Å²) < 4.78 is 1.95. The van der Waals surface area contributed by atoms with Gasteiger partial charge in [-0.3, -0.25) is 9.78 Å². The third-order valence-corrected chi connectivity index (χ3v) is 3.91. The fourth-order valence-electron chi connectivity index (χ4n) is 2.17. The highest BCUT2D eigenvalue weighted by atomic mass is 15.3. The average Bonchev–Trinajstić information content (AvgIpc) is 2.86. The fraction of sp³-hybridized carbons (Fsp3) is 0.625. The van der Waals surface area contributed by atoms with E-state index in [1.54, 1.807) is 0 Å². The first-order valence-electron chi connectivity index (χ1n) is 7.30. The molecule has 0 aliphatic carbocycles. The van der Waals surface area contributed by atoms with Crippen LogP contribution in [0, 0.1) is 27.7 Å². The van der Waals surface area contributed by atoms with Crippen molar-refractivity contribution in [2.24, 2.45) is 7.05 Å². The standard InChI is InChI=1S/C9H16N2.C7H12N2/c1-6(2)9-7(3)8(4)11(5)10-9;1-4-7-5(2)6(3)8-9-7/h6H,1-5H3;4H2,1-3H3,(H,8,9). The topological polar surface area (TPSA) is 46.5 Å². The van der Waals surface area contributed by atoms with Crippen molar-refractivity contribution in [2.75, 3.05) is 0 Å². The second-order valence-corrected chi connectivity index (χ2v) is 5.65. The molecule has 4 nitrogen and oxygen atoms in total. The van der Waals surface area contributed by atoms with Crippen LogP contribution in [0.2, 0.25) is 0 Å². The minimum atomic E-state index is 0.537. The highest BCUT2D eigenvalue weighted by Gasteiger charge is 2.10. The van der Waals surface area contributed by atoms with E-state index >= 15 is 0 Å². The molecule has 2 rings (SSSR count). The van der Waals surface area contributed by atoms with Crippen LogP contribution in [0.3, 0.4) is 0 Å². The van der Waals surface area contributed by atoms with Crippen LogP contribution in [0.5, 0.6) is 0 Å². The zero-order chi connectivity index (χ0) is 15.4. The predicted octanol–water partition coefficient (Wildman–Crippen LogP) is 3.75. The lowest BCUT2D eigenvalue weighted by Gasteiger charge is -1.99. The van der Waals surface area contributed by atoms with Crippen LogP contribution in [0.25, 0.3) is 0 Å². The summed E-state index contributed by atoms with van der Waals surface area (Å²) in [5, 5.41) is 11.5. The van der Waals surface area contributed by atoms with Gasteiger partial charge in [0.15, 0.2) is 0 Å². The molecule has 2 aromatic heterocycles. The van der Waals surface area contributed by atoms with Crippen molar-refractivity contribution >= 4 is 0 Å². The summed E-state index contributed by atoms with van der Waals surface area (Å²) in [6.45, 7) is 14.8. The van der Waals surface area contributed by atoms with Crippen LogP contribution in [-0.2, 0) is 13.5 Å². The van der Waals surface area contributed by atoms with Gasteiger partial charge in [-0.25, -0.2) is 0 Å². The van der Waals surface area contributed by atoms with Gasteiger partial charge < -0.3 is 0 Å². The van der Waals surface area contributed by atoms with Gasteiger partial charge >= 0.3 is 0 Å². The molecule has 0 aromatic carbocycles. The van der Waals surface area contributed by atoms with E-state index in [9.17, 15) is 0 Å². The lowest BCUT2D eigenvalue weighted by Crippen LogP contribution is -1.94. The normalized spacial score (nSPS) is 10.7. The molecule has 0 fully saturated rings. The fourth-order valence-corrected chi connectivity index (χ4v) is 2.17. The Labute approximate surface area is 122 Å². The second-order valence-electron chi connectivity index (χ2n) is 5.65. The minimum Gasteiger partial charge on any atom is -0.282 e. The summed E-state index contributed by atoms with van der Waals surface area (Å²) in [7, 11) is 1.99. The number of nitrogens with one attached hydrogen (secondary N) is 1. The summed E-state index contributed by atoms with van der Waals surface area (Å²) in [5.41, 5.74) is 7.51. The molecule has 0 aliphatic heterocycles. The van der Waals surface area contributed by atoms with E-state index in [1.165, 1.54) is 33.9 Å². The molecule has 0 bridgehead atoms. The molecule has 0 atom stereocenters. The molecular formula is C16H28N4. The smallest absolute Gasteiger partial charge is 0.0681 e. The summed E-state index contributed by atoms with van der Waals surface area (Å²) in [5.74, 6) is 0.537. The number of nitrogens with zero attached hydrogens (tertiary/aromatic N) is 3. The number of hydrogen-bond acceptors (Lipinski definition) is 2. The van der Waals surface area contributed by atoms with Crippen LogP contribution in [0.15, 0.2) is 0 Å². The largest absolute Gasteiger partial charge is 0.282 e.